The molecule has 2 aliphatic rings. The molecule has 0 atom stereocenters. The van der Waals surface area contributed by atoms with E-state index in [0.29, 0.717) is 16.6 Å². The number of halogens is 1. The summed E-state index contributed by atoms with van der Waals surface area (Å²) in [6.45, 7) is 1.72. The van der Waals surface area contributed by atoms with Crippen LogP contribution in [0.25, 0.3) is 0 Å². The molecule has 1 aromatic heterocycles. The minimum Gasteiger partial charge on any atom is -0.490 e. The molecule has 6 heteroatoms. The predicted molar refractivity (Wildman–Crippen MR) is 102 cm³/mol. The number of anilines is 1. The first-order valence-electron chi connectivity index (χ1n) is 9.11. The van der Waals surface area contributed by atoms with E-state index in [1.165, 1.54) is 0 Å². The quantitative estimate of drug-likeness (QED) is 0.871. The van der Waals surface area contributed by atoms with Crippen molar-refractivity contribution in [1.29, 1.82) is 0 Å². The molecule has 0 bridgehead atoms. The molecule has 2 heterocycles. The Labute approximate surface area is 158 Å². The van der Waals surface area contributed by atoms with Gasteiger partial charge in [0.25, 0.3) is 5.91 Å². The van der Waals surface area contributed by atoms with Gasteiger partial charge in [-0.1, -0.05) is 11.6 Å². The first-order chi connectivity index (χ1) is 12.7. The van der Waals surface area contributed by atoms with E-state index in [1.54, 1.807) is 12.3 Å². The number of carbonyl (C=O) groups excluding carboxylic acids is 1. The smallest absolute Gasteiger partial charge is 0.251 e. The third-order valence-electron chi connectivity index (χ3n) is 4.80. The van der Waals surface area contributed by atoms with Crippen LogP contribution in [0.5, 0.6) is 5.75 Å². The Morgan fingerprint density at radius 2 is 1.85 bits per heavy atom. The Morgan fingerprint density at radius 1 is 1.12 bits per heavy atom. The molecule has 2 fully saturated rings. The zero-order chi connectivity index (χ0) is 17.9. The van der Waals surface area contributed by atoms with Crippen molar-refractivity contribution in [3.05, 3.63) is 53.2 Å². The van der Waals surface area contributed by atoms with Crippen LogP contribution in [0.2, 0.25) is 5.02 Å². The van der Waals surface area contributed by atoms with E-state index >= 15 is 0 Å². The standard InChI is InChI=1S/C20H22ClN3O2/c21-15-1-5-17(6-2-15)26-18-8-11-24(12-9-18)19-13-14(7-10-22-19)20(25)23-16-3-4-16/h1-2,5-7,10,13,16,18H,3-4,8-9,11-12H2,(H,23,25). The molecule has 0 radical (unpaired) electrons. The highest BCUT2D eigenvalue weighted by molar-refractivity contribution is 6.30. The highest BCUT2D eigenvalue weighted by Gasteiger charge is 2.25. The Balaban J connectivity index is 1.34. The maximum absolute atomic E-state index is 12.2. The van der Waals surface area contributed by atoms with Crippen LogP contribution >= 0.6 is 11.6 Å². The van der Waals surface area contributed by atoms with Crippen molar-refractivity contribution in [1.82, 2.24) is 10.3 Å². The molecule has 4 rings (SSSR count). The van der Waals surface area contributed by atoms with Crippen molar-refractivity contribution < 1.29 is 9.53 Å². The maximum atomic E-state index is 12.2. The molecule has 1 aliphatic heterocycles. The number of hydrogen-bond donors (Lipinski definition) is 1. The molecule has 1 saturated heterocycles. The second-order valence-corrected chi connectivity index (χ2v) is 7.35. The molecule has 1 aliphatic carbocycles. The van der Waals surface area contributed by atoms with E-state index < -0.39 is 0 Å². The van der Waals surface area contributed by atoms with Gasteiger partial charge < -0.3 is 15.0 Å². The molecular formula is C20H22ClN3O2. The lowest BCUT2D eigenvalue weighted by Crippen LogP contribution is -2.38. The first kappa shape index (κ1) is 17.2. The fourth-order valence-corrected chi connectivity index (χ4v) is 3.26. The normalized spacial score (nSPS) is 17.8. The molecule has 1 saturated carbocycles. The summed E-state index contributed by atoms with van der Waals surface area (Å²) in [5.41, 5.74) is 0.682. The minimum atomic E-state index is -0.00268. The van der Waals surface area contributed by atoms with Crippen molar-refractivity contribution in [2.75, 3.05) is 18.0 Å². The van der Waals surface area contributed by atoms with Crippen LogP contribution in [-0.4, -0.2) is 36.1 Å². The second-order valence-electron chi connectivity index (χ2n) is 6.91. The Bertz CT molecular complexity index is 769. The summed E-state index contributed by atoms with van der Waals surface area (Å²) in [5, 5.41) is 3.74. The number of ether oxygens (including phenoxy) is 1. The summed E-state index contributed by atoms with van der Waals surface area (Å²) in [4.78, 5) is 18.9. The van der Waals surface area contributed by atoms with Crippen molar-refractivity contribution in [2.45, 2.75) is 37.8 Å². The van der Waals surface area contributed by atoms with Gasteiger partial charge in [-0.25, -0.2) is 4.98 Å². The topological polar surface area (TPSA) is 54.5 Å². The van der Waals surface area contributed by atoms with Gasteiger partial charge in [0.2, 0.25) is 0 Å². The molecule has 1 aromatic carbocycles. The average molecular weight is 372 g/mol. The van der Waals surface area contributed by atoms with Gasteiger partial charge in [-0.2, -0.15) is 0 Å². The van der Waals surface area contributed by atoms with E-state index in [2.05, 4.69) is 15.2 Å². The van der Waals surface area contributed by atoms with Crippen molar-refractivity contribution in [3.8, 4) is 5.75 Å². The van der Waals surface area contributed by atoms with Gasteiger partial charge in [0.1, 0.15) is 17.7 Å². The van der Waals surface area contributed by atoms with E-state index in [0.717, 1.165) is 50.3 Å². The van der Waals surface area contributed by atoms with Crippen LogP contribution in [0, 0.1) is 0 Å². The second kappa shape index (κ2) is 7.54. The van der Waals surface area contributed by atoms with Crippen LogP contribution < -0.4 is 15.0 Å². The average Bonchev–Trinajstić information content (AvgIpc) is 3.48. The van der Waals surface area contributed by atoms with E-state index in [9.17, 15) is 4.79 Å². The zero-order valence-corrected chi connectivity index (χ0v) is 15.3. The number of carbonyl (C=O) groups is 1. The molecule has 1 amide bonds. The fraction of sp³-hybridized carbons (Fsp3) is 0.400. The summed E-state index contributed by atoms with van der Waals surface area (Å²) >= 11 is 5.91. The van der Waals surface area contributed by atoms with Crippen LogP contribution in [-0.2, 0) is 0 Å². The number of nitrogens with one attached hydrogen (secondary N) is 1. The summed E-state index contributed by atoms with van der Waals surface area (Å²) in [6.07, 6.45) is 5.92. The monoisotopic (exact) mass is 371 g/mol. The number of pyridine rings is 1. The van der Waals surface area contributed by atoms with Crippen LogP contribution in [0.1, 0.15) is 36.0 Å². The van der Waals surface area contributed by atoms with Gasteiger partial charge in [-0.3, -0.25) is 4.79 Å². The van der Waals surface area contributed by atoms with Crippen molar-refractivity contribution >= 4 is 23.3 Å². The highest BCUT2D eigenvalue weighted by atomic mass is 35.5. The van der Waals surface area contributed by atoms with Gasteiger partial charge in [-0.15, -0.1) is 0 Å². The summed E-state index contributed by atoms with van der Waals surface area (Å²) in [6, 6.07) is 11.5. The van der Waals surface area contributed by atoms with Crippen LogP contribution in [0.15, 0.2) is 42.6 Å². The molecule has 2 aromatic rings. The Morgan fingerprint density at radius 3 is 2.54 bits per heavy atom. The van der Waals surface area contributed by atoms with E-state index in [4.69, 9.17) is 16.3 Å². The third kappa shape index (κ3) is 4.28. The Kier molecular flexibility index (Phi) is 4.98. The lowest BCUT2D eigenvalue weighted by atomic mass is 10.1. The van der Waals surface area contributed by atoms with E-state index in [1.807, 2.05) is 30.3 Å². The molecule has 0 spiro atoms. The molecule has 5 nitrogen and oxygen atoms in total. The highest BCUT2D eigenvalue weighted by Crippen LogP contribution is 2.24. The molecular weight excluding hydrogens is 350 g/mol. The molecule has 1 N–H and O–H groups in total. The summed E-state index contributed by atoms with van der Waals surface area (Å²) in [5.74, 6) is 1.71. The maximum Gasteiger partial charge on any atom is 0.251 e. The largest absolute Gasteiger partial charge is 0.490 e. The summed E-state index contributed by atoms with van der Waals surface area (Å²) in [7, 11) is 0. The lowest BCUT2D eigenvalue weighted by Gasteiger charge is -2.33. The SMILES string of the molecule is O=C(NC1CC1)c1ccnc(N2CCC(Oc3ccc(Cl)cc3)CC2)c1. The van der Waals surface area contributed by atoms with Crippen LogP contribution in [0.3, 0.4) is 0 Å². The van der Waals surface area contributed by atoms with Crippen molar-refractivity contribution in [3.63, 3.8) is 0 Å². The van der Waals surface area contributed by atoms with Gasteiger partial charge in [0, 0.05) is 48.8 Å². The summed E-state index contributed by atoms with van der Waals surface area (Å²) < 4.78 is 6.04. The number of piperidine rings is 1. The van der Waals surface area contributed by atoms with Crippen molar-refractivity contribution in [2.24, 2.45) is 0 Å². The van der Waals surface area contributed by atoms with Gasteiger partial charge >= 0.3 is 0 Å². The third-order valence-corrected chi connectivity index (χ3v) is 5.05. The zero-order valence-electron chi connectivity index (χ0n) is 14.5. The number of hydrogen-bond acceptors (Lipinski definition) is 4. The number of aromatic nitrogens is 1. The minimum absolute atomic E-state index is 0.00268. The number of rotatable bonds is 5. The first-order valence-corrected chi connectivity index (χ1v) is 9.49. The number of nitrogens with zero attached hydrogens (tertiary/aromatic N) is 2. The van der Waals surface area contributed by atoms with Gasteiger partial charge in [-0.05, 0) is 49.2 Å². The number of amides is 1. The lowest BCUT2D eigenvalue weighted by molar-refractivity contribution is 0.0951. The Hall–Kier alpha value is -2.27. The van der Waals surface area contributed by atoms with Crippen LogP contribution in [0.4, 0.5) is 5.82 Å². The molecule has 0 unspecified atom stereocenters. The fourth-order valence-electron chi connectivity index (χ4n) is 3.14. The van der Waals surface area contributed by atoms with E-state index in [-0.39, 0.29) is 12.0 Å². The molecule has 26 heavy (non-hydrogen) atoms. The van der Waals surface area contributed by atoms with Gasteiger partial charge in [0.05, 0.1) is 0 Å². The predicted octanol–water partition coefficient (Wildman–Crippen LogP) is 3.68. The molecule has 136 valence electrons. The number of benzene rings is 1. The van der Waals surface area contributed by atoms with Gasteiger partial charge in [0.15, 0.2) is 0 Å².